The van der Waals surface area contributed by atoms with Gasteiger partial charge in [0.25, 0.3) is 0 Å². The Morgan fingerprint density at radius 2 is 2.11 bits per heavy atom. The second-order valence-corrected chi connectivity index (χ2v) is 3.97. The predicted octanol–water partition coefficient (Wildman–Crippen LogP) is 1.94. The second kappa shape index (κ2) is 9.86. The van der Waals surface area contributed by atoms with Crippen molar-refractivity contribution in [3.8, 4) is 5.75 Å². The second-order valence-electron chi connectivity index (χ2n) is 3.56. The lowest BCUT2D eigenvalue weighted by Crippen LogP contribution is -2.25. The number of benzene rings is 1. The molecular weight excluding hydrogens is 291 g/mol. The van der Waals surface area contributed by atoms with Gasteiger partial charge in [-0.05, 0) is 25.2 Å². The summed E-state index contributed by atoms with van der Waals surface area (Å²) in [6.45, 7) is 1.18. The smallest absolute Gasteiger partial charge is 0.238 e. The average molecular weight is 309 g/mol. The molecule has 108 valence electrons. The third kappa shape index (κ3) is 6.63. The van der Waals surface area contributed by atoms with Crippen LogP contribution >= 0.6 is 24.0 Å². The Morgan fingerprint density at radius 1 is 1.37 bits per heavy atom. The van der Waals surface area contributed by atoms with Crippen molar-refractivity contribution in [2.24, 2.45) is 0 Å². The molecule has 1 amide bonds. The minimum absolute atomic E-state index is 0. The summed E-state index contributed by atoms with van der Waals surface area (Å²) in [4.78, 5) is 11.4. The first kappa shape index (κ1) is 18.0. The molecule has 0 saturated carbocycles. The number of ether oxygens (including phenoxy) is 2. The number of amides is 1. The molecule has 0 heterocycles. The summed E-state index contributed by atoms with van der Waals surface area (Å²) in [7, 11) is 3.31. The number of rotatable bonds is 7. The Morgan fingerprint density at radius 3 is 2.68 bits per heavy atom. The minimum atomic E-state index is -0.124. The van der Waals surface area contributed by atoms with E-state index in [0.717, 1.165) is 0 Å². The fourth-order valence-electron chi connectivity index (χ4n) is 1.30. The molecule has 0 spiro atoms. The van der Waals surface area contributed by atoms with Gasteiger partial charge in [-0.25, -0.2) is 0 Å². The fraction of sp³-hybridized carbons (Fsp3) is 0.417. The van der Waals surface area contributed by atoms with Gasteiger partial charge >= 0.3 is 0 Å². The number of hydrogen-bond donors (Lipinski definition) is 2. The first-order valence-corrected chi connectivity index (χ1v) is 5.91. The SMILES string of the molecule is CNCC(=O)Nc1ccc(OCCOC)c(Cl)c1.Cl. The molecule has 1 aromatic carbocycles. The van der Waals surface area contributed by atoms with Gasteiger partial charge in [0, 0.05) is 12.8 Å². The lowest BCUT2D eigenvalue weighted by Gasteiger charge is -2.10. The van der Waals surface area contributed by atoms with Gasteiger partial charge in [0.2, 0.25) is 5.91 Å². The van der Waals surface area contributed by atoms with Crippen LogP contribution in [0, 0.1) is 0 Å². The monoisotopic (exact) mass is 308 g/mol. The Balaban J connectivity index is 0.00000324. The highest BCUT2D eigenvalue weighted by atomic mass is 35.5. The predicted molar refractivity (Wildman–Crippen MR) is 78.6 cm³/mol. The zero-order chi connectivity index (χ0) is 13.4. The molecule has 5 nitrogen and oxygen atoms in total. The van der Waals surface area contributed by atoms with Gasteiger partial charge in [0.1, 0.15) is 12.4 Å². The van der Waals surface area contributed by atoms with Gasteiger partial charge in [-0.15, -0.1) is 12.4 Å². The van der Waals surface area contributed by atoms with Gasteiger partial charge in [-0.2, -0.15) is 0 Å². The number of methoxy groups -OCH3 is 1. The summed E-state index contributed by atoms with van der Waals surface area (Å²) in [5, 5.41) is 5.93. The lowest BCUT2D eigenvalue weighted by atomic mass is 10.3. The van der Waals surface area contributed by atoms with Crippen molar-refractivity contribution < 1.29 is 14.3 Å². The standard InChI is InChI=1S/C12H17ClN2O3.ClH/c1-14-8-12(16)15-9-3-4-11(10(13)7-9)18-6-5-17-2;/h3-4,7,14H,5-6,8H2,1-2H3,(H,15,16);1H. The van der Waals surface area contributed by atoms with Gasteiger partial charge in [-0.3, -0.25) is 4.79 Å². The van der Waals surface area contributed by atoms with Crippen molar-refractivity contribution in [2.45, 2.75) is 0 Å². The van der Waals surface area contributed by atoms with Crippen LogP contribution in [0.5, 0.6) is 5.75 Å². The summed E-state index contributed by atoms with van der Waals surface area (Å²) in [5.41, 5.74) is 0.638. The maximum atomic E-state index is 11.4. The zero-order valence-electron chi connectivity index (χ0n) is 10.9. The first-order valence-electron chi connectivity index (χ1n) is 5.53. The van der Waals surface area contributed by atoms with E-state index in [4.69, 9.17) is 21.1 Å². The lowest BCUT2D eigenvalue weighted by molar-refractivity contribution is -0.115. The number of likely N-dealkylation sites (N-methyl/N-ethyl adjacent to an activating group) is 1. The van der Waals surface area contributed by atoms with E-state index >= 15 is 0 Å². The fourth-order valence-corrected chi connectivity index (χ4v) is 1.53. The Bertz CT molecular complexity index is 403. The molecule has 0 unspecified atom stereocenters. The molecule has 0 aliphatic carbocycles. The van der Waals surface area contributed by atoms with E-state index in [2.05, 4.69) is 10.6 Å². The molecule has 0 aromatic heterocycles. The highest BCUT2D eigenvalue weighted by Gasteiger charge is 2.05. The van der Waals surface area contributed by atoms with Crippen molar-refractivity contribution in [1.29, 1.82) is 0 Å². The topological polar surface area (TPSA) is 59.6 Å². The molecule has 0 bridgehead atoms. The quantitative estimate of drug-likeness (QED) is 0.756. The van der Waals surface area contributed by atoms with Gasteiger partial charge in [-0.1, -0.05) is 11.6 Å². The maximum Gasteiger partial charge on any atom is 0.238 e. The number of nitrogens with one attached hydrogen (secondary N) is 2. The molecule has 2 N–H and O–H groups in total. The highest BCUT2D eigenvalue weighted by Crippen LogP contribution is 2.27. The first-order chi connectivity index (χ1) is 8.67. The summed E-state index contributed by atoms with van der Waals surface area (Å²) in [5.74, 6) is 0.446. The number of anilines is 1. The number of hydrogen-bond acceptors (Lipinski definition) is 4. The van der Waals surface area contributed by atoms with Crippen LogP contribution in [0.25, 0.3) is 0 Å². The average Bonchev–Trinajstić information content (AvgIpc) is 2.32. The molecule has 0 aliphatic heterocycles. The number of halogens is 2. The molecule has 7 heteroatoms. The molecule has 0 saturated heterocycles. The highest BCUT2D eigenvalue weighted by molar-refractivity contribution is 6.32. The van der Waals surface area contributed by atoms with Gasteiger partial charge in [0.15, 0.2) is 0 Å². The van der Waals surface area contributed by atoms with Gasteiger partial charge < -0.3 is 20.1 Å². The molecule has 0 fully saturated rings. The van der Waals surface area contributed by atoms with Crippen LogP contribution in [-0.4, -0.2) is 39.8 Å². The Labute approximate surface area is 124 Å². The van der Waals surface area contributed by atoms with Crippen LogP contribution in [-0.2, 0) is 9.53 Å². The van der Waals surface area contributed by atoms with Gasteiger partial charge in [0.05, 0.1) is 18.2 Å². The summed E-state index contributed by atoms with van der Waals surface area (Å²) >= 11 is 6.04. The van der Waals surface area contributed by atoms with Crippen molar-refractivity contribution in [2.75, 3.05) is 39.2 Å². The van der Waals surface area contributed by atoms with Crippen molar-refractivity contribution in [3.05, 3.63) is 23.2 Å². The van der Waals surface area contributed by atoms with Crippen LogP contribution in [0.4, 0.5) is 5.69 Å². The third-order valence-electron chi connectivity index (χ3n) is 2.10. The van der Waals surface area contributed by atoms with E-state index in [1.165, 1.54) is 0 Å². The van der Waals surface area contributed by atoms with E-state index in [1.807, 2.05) is 0 Å². The number of carbonyl (C=O) groups excluding carboxylic acids is 1. The van der Waals surface area contributed by atoms with E-state index in [9.17, 15) is 4.79 Å². The summed E-state index contributed by atoms with van der Waals surface area (Å²) in [6.07, 6.45) is 0. The third-order valence-corrected chi connectivity index (χ3v) is 2.39. The van der Waals surface area contributed by atoms with E-state index in [-0.39, 0.29) is 24.9 Å². The molecule has 1 aromatic rings. The van der Waals surface area contributed by atoms with Crippen LogP contribution in [0.3, 0.4) is 0 Å². The molecular formula is C12H18Cl2N2O3. The van der Waals surface area contributed by atoms with E-state index < -0.39 is 0 Å². The van der Waals surface area contributed by atoms with Crippen LogP contribution < -0.4 is 15.4 Å². The Hall–Kier alpha value is -1.01. The minimum Gasteiger partial charge on any atom is -0.490 e. The maximum absolute atomic E-state index is 11.4. The van der Waals surface area contributed by atoms with Crippen molar-refractivity contribution in [1.82, 2.24) is 5.32 Å². The molecule has 0 radical (unpaired) electrons. The summed E-state index contributed by atoms with van der Waals surface area (Å²) in [6, 6.07) is 5.10. The van der Waals surface area contributed by atoms with E-state index in [1.54, 1.807) is 32.4 Å². The van der Waals surface area contributed by atoms with Crippen LogP contribution in [0.15, 0.2) is 18.2 Å². The van der Waals surface area contributed by atoms with Crippen LogP contribution in [0.2, 0.25) is 5.02 Å². The largest absolute Gasteiger partial charge is 0.490 e. The van der Waals surface area contributed by atoms with Crippen LogP contribution in [0.1, 0.15) is 0 Å². The summed E-state index contributed by atoms with van der Waals surface area (Å²) < 4.78 is 10.3. The molecule has 19 heavy (non-hydrogen) atoms. The molecule has 0 atom stereocenters. The number of carbonyl (C=O) groups is 1. The van der Waals surface area contributed by atoms with Crippen molar-refractivity contribution >= 4 is 35.6 Å². The Kier molecular flexibility index (Phi) is 9.34. The normalized spacial score (nSPS) is 9.63. The van der Waals surface area contributed by atoms with E-state index in [0.29, 0.717) is 29.7 Å². The van der Waals surface area contributed by atoms with Crippen molar-refractivity contribution in [3.63, 3.8) is 0 Å². The molecule has 0 aliphatic rings. The zero-order valence-corrected chi connectivity index (χ0v) is 12.4. The molecule has 1 rings (SSSR count).